The Bertz CT molecular complexity index is 1110. The van der Waals surface area contributed by atoms with Gasteiger partial charge in [0, 0.05) is 37.3 Å². The zero-order valence-electron chi connectivity index (χ0n) is 18.8. The molecule has 1 atom stereocenters. The molecular formula is C26H30N4O3. The third-order valence-electron chi connectivity index (χ3n) is 7.09. The summed E-state index contributed by atoms with van der Waals surface area (Å²) in [6.45, 7) is 2.71. The van der Waals surface area contributed by atoms with E-state index in [-0.39, 0.29) is 24.1 Å². The van der Waals surface area contributed by atoms with Gasteiger partial charge in [-0.05, 0) is 67.0 Å². The van der Waals surface area contributed by atoms with Crippen molar-refractivity contribution in [2.45, 2.75) is 57.7 Å². The van der Waals surface area contributed by atoms with Crippen molar-refractivity contribution in [1.82, 2.24) is 10.2 Å². The Balaban J connectivity index is 1.40. The maximum atomic E-state index is 13.4. The number of aryl methyl sites for hydroxylation is 1. The summed E-state index contributed by atoms with van der Waals surface area (Å²) < 4.78 is 0. The van der Waals surface area contributed by atoms with Gasteiger partial charge in [0.25, 0.3) is 5.91 Å². The number of piperidine rings is 1. The van der Waals surface area contributed by atoms with Crippen LogP contribution in [0, 0.1) is 0 Å². The summed E-state index contributed by atoms with van der Waals surface area (Å²) in [5.41, 5.74) is 12.4. The monoisotopic (exact) mass is 446 g/mol. The van der Waals surface area contributed by atoms with Gasteiger partial charge in [-0.3, -0.25) is 19.7 Å². The topological polar surface area (TPSA) is 95.7 Å². The van der Waals surface area contributed by atoms with E-state index in [1.165, 1.54) is 16.8 Å². The zero-order chi connectivity index (χ0) is 22.9. The summed E-state index contributed by atoms with van der Waals surface area (Å²) in [6, 6.07) is 11.9. The van der Waals surface area contributed by atoms with E-state index in [1.807, 2.05) is 18.2 Å². The van der Waals surface area contributed by atoms with Crippen LogP contribution in [-0.2, 0) is 35.5 Å². The minimum Gasteiger partial charge on any atom is -0.367 e. The fourth-order valence-corrected chi connectivity index (χ4v) is 5.49. The number of rotatable bonds is 6. The lowest BCUT2D eigenvalue weighted by Crippen LogP contribution is -2.52. The smallest absolute Gasteiger partial charge is 0.255 e. The van der Waals surface area contributed by atoms with Gasteiger partial charge in [-0.1, -0.05) is 30.3 Å². The highest BCUT2D eigenvalue weighted by molar-refractivity contribution is 6.06. The standard InChI is InChI=1S/C26H30N4O3/c27-13-3-8-17-5-2-10-21-20(17)9-4-14-29(21)15-18-6-1-7-19-16-30(26(33)24(18)19)22-11-12-23(31)28-25(22)32/h1-2,5-7,10,22H,3-4,8-9,11-16,27H2,(H,28,31,32). The van der Waals surface area contributed by atoms with Crippen LogP contribution in [0.2, 0.25) is 0 Å². The van der Waals surface area contributed by atoms with Crippen molar-refractivity contribution < 1.29 is 14.4 Å². The highest BCUT2D eigenvalue weighted by Crippen LogP contribution is 2.34. The number of carbonyl (C=O) groups excluding carboxylic acids is 3. The number of nitrogens with one attached hydrogen (secondary N) is 1. The highest BCUT2D eigenvalue weighted by atomic mass is 16.2. The first-order chi connectivity index (χ1) is 16.1. The molecule has 5 rings (SSSR count). The van der Waals surface area contributed by atoms with E-state index < -0.39 is 6.04 Å². The molecular weight excluding hydrogens is 416 g/mol. The van der Waals surface area contributed by atoms with Crippen LogP contribution in [0.3, 0.4) is 0 Å². The molecule has 0 aromatic heterocycles. The first kappa shape index (κ1) is 21.6. The van der Waals surface area contributed by atoms with Gasteiger partial charge in [0.2, 0.25) is 11.8 Å². The molecule has 0 spiro atoms. The predicted octanol–water partition coefficient (Wildman–Crippen LogP) is 2.29. The van der Waals surface area contributed by atoms with Gasteiger partial charge >= 0.3 is 0 Å². The Hall–Kier alpha value is -3.19. The molecule has 33 heavy (non-hydrogen) atoms. The Labute approximate surface area is 193 Å². The Morgan fingerprint density at radius 3 is 2.67 bits per heavy atom. The molecule has 7 heteroatoms. The summed E-state index contributed by atoms with van der Waals surface area (Å²) in [5.74, 6) is -0.747. The second-order valence-corrected chi connectivity index (χ2v) is 9.18. The quantitative estimate of drug-likeness (QED) is 0.664. The molecule has 172 valence electrons. The van der Waals surface area contributed by atoms with E-state index in [0.29, 0.717) is 31.6 Å². The summed E-state index contributed by atoms with van der Waals surface area (Å²) in [5, 5.41) is 2.38. The van der Waals surface area contributed by atoms with Crippen molar-refractivity contribution in [2.75, 3.05) is 18.0 Å². The molecule has 2 aromatic rings. The van der Waals surface area contributed by atoms with Crippen molar-refractivity contribution in [3.05, 3.63) is 64.2 Å². The van der Waals surface area contributed by atoms with E-state index in [2.05, 4.69) is 28.4 Å². The van der Waals surface area contributed by atoms with E-state index in [9.17, 15) is 14.4 Å². The van der Waals surface area contributed by atoms with E-state index in [1.54, 1.807) is 4.90 Å². The van der Waals surface area contributed by atoms with Crippen molar-refractivity contribution in [3.63, 3.8) is 0 Å². The van der Waals surface area contributed by atoms with Gasteiger partial charge in [-0.2, -0.15) is 0 Å². The van der Waals surface area contributed by atoms with Crippen LogP contribution in [0.1, 0.15) is 58.3 Å². The van der Waals surface area contributed by atoms with Crippen LogP contribution in [0.5, 0.6) is 0 Å². The van der Waals surface area contributed by atoms with Crippen molar-refractivity contribution >= 4 is 23.4 Å². The third-order valence-corrected chi connectivity index (χ3v) is 7.09. The molecule has 0 bridgehead atoms. The second kappa shape index (κ2) is 8.98. The molecule has 1 saturated heterocycles. The summed E-state index contributed by atoms with van der Waals surface area (Å²) in [4.78, 5) is 41.4. The van der Waals surface area contributed by atoms with Gasteiger partial charge in [0.15, 0.2) is 0 Å². The number of imide groups is 1. The van der Waals surface area contributed by atoms with Crippen molar-refractivity contribution in [2.24, 2.45) is 5.73 Å². The molecule has 3 N–H and O–H groups in total. The van der Waals surface area contributed by atoms with Crippen LogP contribution in [0.25, 0.3) is 0 Å². The lowest BCUT2D eigenvalue weighted by atomic mass is 9.93. The summed E-state index contributed by atoms with van der Waals surface area (Å²) in [6.07, 6.45) is 4.77. The second-order valence-electron chi connectivity index (χ2n) is 9.18. The average Bonchev–Trinajstić information content (AvgIpc) is 3.15. The third kappa shape index (κ3) is 4.02. The number of amides is 3. The highest BCUT2D eigenvalue weighted by Gasteiger charge is 2.40. The fourth-order valence-electron chi connectivity index (χ4n) is 5.49. The molecule has 0 saturated carbocycles. The van der Waals surface area contributed by atoms with Gasteiger partial charge in [0.1, 0.15) is 6.04 Å². The maximum absolute atomic E-state index is 13.4. The zero-order valence-corrected chi connectivity index (χ0v) is 18.8. The number of benzene rings is 2. The molecule has 2 aromatic carbocycles. The van der Waals surface area contributed by atoms with Crippen LogP contribution in [0.4, 0.5) is 5.69 Å². The first-order valence-electron chi connectivity index (χ1n) is 11.9. The molecule has 3 amide bonds. The maximum Gasteiger partial charge on any atom is 0.255 e. The Morgan fingerprint density at radius 2 is 1.85 bits per heavy atom. The van der Waals surface area contributed by atoms with Crippen LogP contribution >= 0.6 is 0 Å². The SMILES string of the molecule is NCCCc1cccc2c1CCCN2Cc1cccc2c1C(=O)N(C1CCC(=O)NC1=O)C2. The number of nitrogens with zero attached hydrogens (tertiary/aromatic N) is 2. The normalized spacial score (nSPS) is 20.0. The Morgan fingerprint density at radius 1 is 1.03 bits per heavy atom. The largest absolute Gasteiger partial charge is 0.367 e. The minimum absolute atomic E-state index is 0.107. The molecule has 3 aliphatic rings. The number of hydrogen-bond acceptors (Lipinski definition) is 5. The van der Waals surface area contributed by atoms with Crippen LogP contribution in [-0.4, -0.2) is 41.8 Å². The van der Waals surface area contributed by atoms with Gasteiger partial charge in [-0.25, -0.2) is 0 Å². The number of hydrogen-bond donors (Lipinski definition) is 2. The fraction of sp³-hybridized carbons (Fsp3) is 0.423. The van der Waals surface area contributed by atoms with Gasteiger partial charge in [0.05, 0.1) is 0 Å². The van der Waals surface area contributed by atoms with E-state index in [4.69, 9.17) is 5.73 Å². The molecule has 1 unspecified atom stereocenters. The molecule has 3 heterocycles. The average molecular weight is 447 g/mol. The Kier molecular flexibility index (Phi) is 5.89. The molecule has 7 nitrogen and oxygen atoms in total. The molecule has 0 radical (unpaired) electrons. The first-order valence-corrected chi connectivity index (χ1v) is 11.9. The van der Waals surface area contributed by atoms with Crippen LogP contribution in [0.15, 0.2) is 36.4 Å². The molecule has 1 fully saturated rings. The predicted molar refractivity (Wildman–Crippen MR) is 126 cm³/mol. The van der Waals surface area contributed by atoms with Gasteiger partial charge in [-0.15, -0.1) is 0 Å². The number of nitrogens with two attached hydrogens (primary N) is 1. The number of fused-ring (bicyclic) bond motifs is 2. The minimum atomic E-state index is -0.587. The van der Waals surface area contributed by atoms with Crippen molar-refractivity contribution in [3.8, 4) is 0 Å². The number of carbonyl (C=O) groups is 3. The van der Waals surface area contributed by atoms with Gasteiger partial charge < -0.3 is 15.5 Å². The molecule has 0 aliphatic carbocycles. The number of anilines is 1. The van der Waals surface area contributed by atoms with E-state index in [0.717, 1.165) is 43.4 Å². The van der Waals surface area contributed by atoms with Crippen molar-refractivity contribution in [1.29, 1.82) is 0 Å². The van der Waals surface area contributed by atoms with E-state index >= 15 is 0 Å². The lowest BCUT2D eigenvalue weighted by Gasteiger charge is -2.33. The molecule has 3 aliphatic heterocycles. The lowest BCUT2D eigenvalue weighted by molar-refractivity contribution is -0.136. The summed E-state index contributed by atoms with van der Waals surface area (Å²) in [7, 11) is 0. The van der Waals surface area contributed by atoms with Crippen LogP contribution < -0.4 is 16.0 Å². The summed E-state index contributed by atoms with van der Waals surface area (Å²) >= 11 is 0.